The molecule has 1 atom stereocenters. The van der Waals surface area contributed by atoms with Crippen LogP contribution in [0.2, 0.25) is 0 Å². The standard InChI is InChI=1S/C10H10N2O/c1-6-7(4-11)5-12-10-8(6)2-3-9(10)13/h5,9,13H,2-3H2,1H3. The first kappa shape index (κ1) is 8.21. The van der Waals surface area contributed by atoms with Crippen LogP contribution in [0.3, 0.4) is 0 Å². The number of nitrogens with zero attached hydrogens (tertiary/aromatic N) is 2. The molecule has 0 amide bonds. The summed E-state index contributed by atoms with van der Waals surface area (Å²) in [5, 5.41) is 18.3. The van der Waals surface area contributed by atoms with E-state index in [0.717, 1.165) is 29.7 Å². The van der Waals surface area contributed by atoms with Crippen LogP contribution in [0, 0.1) is 18.3 Å². The van der Waals surface area contributed by atoms with Crippen LogP contribution in [0.4, 0.5) is 0 Å². The Morgan fingerprint density at radius 3 is 3.15 bits per heavy atom. The molecule has 1 N–H and O–H groups in total. The zero-order valence-corrected chi connectivity index (χ0v) is 7.41. The van der Waals surface area contributed by atoms with Crippen LogP contribution in [0.15, 0.2) is 6.20 Å². The summed E-state index contributed by atoms with van der Waals surface area (Å²) in [6.07, 6.45) is 2.69. The van der Waals surface area contributed by atoms with Gasteiger partial charge in [-0.1, -0.05) is 0 Å². The molecule has 1 unspecified atom stereocenters. The maximum atomic E-state index is 9.52. The molecule has 0 spiro atoms. The van der Waals surface area contributed by atoms with Crippen molar-refractivity contribution in [3.05, 3.63) is 28.6 Å². The highest BCUT2D eigenvalue weighted by Gasteiger charge is 2.24. The number of hydrogen-bond donors (Lipinski definition) is 1. The highest BCUT2D eigenvalue weighted by molar-refractivity contribution is 5.44. The zero-order valence-electron chi connectivity index (χ0n) is 7.41. The van der Waals surface area contributed by atoms with Crippen LogP contribution in [-0.4, -0.2) is 10.1 Å². The molecule has 1 aliphatic rings. The molecule has 1 heterocycles. The van der Waals surface area contributed by atoms with E-state index in [-0.39, 0.29) is 0 Å². The Morgan fingerprint density at radius 1 is 1.69 bits per heavy atom. The van der Waals surface area contributed by atoms with Gasteiger partial charge >= 0.3 is 0 Å². The van der Waals surface area contributed by atoms with E-state index in [2.05, 4.69) is 11.1 Å². The van der Waals surface area contributed by atoms with Crippen molar-refractivity contribution in [3.8, 4) is 6.07 Å². The van der Waals surface area contributed by atoms with Crippen LogP contribution in [0.1, 0.15) is 34.9 Å². The third-order valence-corrected chi connectivity index (χ3v) is 2.60. The lowest BCUT2D eigenvalue weighted by Gasteiger charge is -2.05. The maximum Gasteiger partial charge on any atom is 0.101 e. The molecule has 0 aliphatic heterocycles. The van der Waals surface area contributed by atoms with E-state index in [1.54, 1.807) is 6.20 Å². The van der Waals surface area contributed by atoms with Gasteiger partial charge in [-0.25, -0.2) is 0 Å². The second-order valence-corrected chi connectivity index (χ2v) is 3.33. The largest absolute Gasteiger partial charge is 0.387 e. The Morgan fingerprint density at radius 2 is 2.46 bits per heavy atom. The van der Waals surface area contributed by atoms with Crippen molar-refractivity contribution in [1.82, 2.24) is 4.98 Å². The molecular weight excluding hydrogens is 164 g/mol. The summed E-state index contributed by atoms with van der Waals surface area (Å²) in [6.45, 7) is 1.91. The lowest BCUT2D eigenvalue weighted by Crippen LogP contribution is -1.98. The van der Waals surface area contributed by atoms with E-state index < -0.39 is 6.10 Å². The van der Waals surface area contributed by atoms with Crippen molar-refractivity contribution in [2.75, 3.05) is 0 Å². The SMILES string of the molecule is Cc1c(C#N)cnc2c1CCC2O. The van der Waals surface area contributed by atoms with E-state index in [9.17, 15) is 5.11 Å². The van der Waals surface area contributed by atoms with Crippen LogP contribution in [-0.2, 0) is 6.42 Å². The van der Waals surface area contributed by atoms with Gasteiger partial charge in [-0.05, 0) is 30.9 Å². The Hall–Kier alpha value is -1.40. The van der Waals surface area contributed by atoms with Crippen molar-refractivity contribution in [1.29, 1.82) is 5.26 Å². The third-order valence-electron chi connectivity index (χ3n) is 2.60. The predicted octanol–water partition coefficient (Wildman–Crippen LogP) is 1.24. The highest BCUT2D eigenvalue weighted by atomic mass is 16.3. The number of pyridine rings is 1. The van der Waals surface area contributed by atoms with Crippen molar-refractivity contribution >= 4 is 0 Å². The second kappa shape index (κ2) is 2.82. The molecule has 3 heteroatoms. The summed E-state index contributed by atoms with van der Waals surface area (Å²) in [7, 11) is 0. The maximum absolute atomic E-state index is 9.52. The highest BCUT2D eigenvalue weighted by Crippen LogP contribution is 2.32. The number of rotatable bonds is 0. The molecule has 0 saturated heterocycles. The Balaban J connectivity index is 2.62. The van der Waals surface area contributed by atoms with Gasteiger partial charge in [0.25, 0.3) is 0 Å². The molecule has 0 bridgehead atoms. The fraction of sp³-hybridized carbons (Fsp3) is 0.400. The van der Waals surface area contributed by atoms with Crippen LogP contribution in [0.5, 0.6) is 0 Å². The summed E-state index contributed by atoms with van der Waals surface area (Å²) in [5.74, 6) is 0. The second-order valence-electron chi connectivity index (χ2n) is 3.33. The average molecular weight is 174 g/mol. The monoisotopic (exact) mass is 174 g/mol. The van der Waals surface area contributed by atoms with Gasteiger partial charge in [-0.2, -0.15) is 5.26 Å². The predicted molar refractivity (Wildman–Crippen MR) is 47.0 cm³/mol. The van der Waals surface area contributed by atoms with Gasteiger partial charge < -0.3 is 5.11 Å². The van der Waals surface area contributed by atoms with Gasteiger partial charge in [0.05, 0.1) is 17.4 Å². The summed E-state index contributed by atoms with van der Waals surface area (Å²) >= 11 is 0. The molecule has 0 aromatic carbocycles. The zero-order chi connectivity index (χ0) is 9.42. The van der Waals surface area contributed by atoms with Gasteiger partial charge in [0.2, 0.25) is 0 Å². The van der Waals surface area contributed by atoms with Gasteiger partial charge in [0.1, 0.15) is 6.07 Å². The fourth-order valence-electron chi connectivity index (χ4n) is 1.80. The quantitative estimate of drug-likeness (QED) is 0.643. The van der Waals surface area contributed by atoms with Gasteiger partial charge in [0.15, 0.2) is 0 Å². The summed E-state index contributed by atoms with van der Waals surface area (Å²) < 4.78 is 0. The molecule has 0 saturated carbocycles. The number of hydrogen-bond acceptors (Lipinski definition) is 3. The molecule has 2 rings (SSSR count). The Kier molecular flexibility index (Phi) is 1.78. The number of nitriles is 1. The van der Waals surface area contributed by atoms with Crippen LogP contribution >= 0.6 is 0 Å². The average Bonchev–Trinajstić information content (AvgIpc) is 2.50. The van der Waals surface area contributed by atoms with Crippen LogP contribution in [0.25, 0.3) is 0 Å². The lowest BCUT2D eigenvalue weighted by molar-refractivity contribution is 0.176. The minimum atomic E-state index is -0.429. The fourth-order valence-corrected chi connectivity index (χ4v) is 1.80. The first-order chi connectivity index (χ1) is 6.24. The minimum Gasteiger partial charge on any atom is -0.387 e. The van der Waals surface area contributed by atoms with Crippen molar-refractivity contribution in [2.24, 2.45) is 0 Å². The van der Waals surface area contributed by atoms with E-state index in [4.69, 9.17) is 5.26 Å². The molecular formula is C10H10N2O. The number of fused-ring (bicyclic) bond motifs is 1. The smallest absolute Gasteiger partial charge is 0.101 e. The van der Waals surface area contributed by atoms with E-state index in [0.29, 0.717) is 5.56 Å². The molecule has 13 heavy (non-hydrogen) atoms. The van der Waals surface area contributed by atoms with Crippen molar-refractivity contribution < 1.29 is 5.11 Å². The molecule has 3 nitrogen and oxygen atoms in total. The van der Waals surface area contributed by atoms with Crippen LogP contribution < -0.4 is 0 Å². The van der Waals surface area contributed by atoms with E-state index >= 15 is 0 Å². The first-order valence-corrected chi connectivity index (χ1v) is 4.30. The molecule has 0 radical (unpaired) electrons. The molecule has 0 fully saturated rings. The van der Waals surface area contributed by atoms with Gasteiger partial charge in [-0.15, -0.1) is 0 Å². The Labute approximate surface area is 76.7 Å². The number of aromatic nitrogens is 1. The van der Waals surface area contributed by atoms with Gasteiger partial charge in [-0.3, -0.25) is 4.98 Å². The Bertz CT molecular complexity index is 393. The summed E-state index contributed by atoms with van der Waals surface area (Å²) in [6, 6.07) is 2.10. The molecule has 1 aliphatic carbocycles. The summed E-state index contributed by atoms with van der Waals surface area (Å²) in [4.78, 5) is 4.10. The number of aliphatic hydroxyl groups is 1. The third kappa shape index (κ3) is 1.11. The van der Waals surface area contributed by atoms with E-state index in [1.165, 1.54) is 0 Å². The normalized spacial score (nSPS) is 19.6. The van der Waals surface area contributed by atoms with Gasteiger partial charge in [0, 0.05) is 6.20 Å². The number of aliphatic hydroxyl groups excluding tert-OH is 1. The lowest BCUT2D eigenvalue weighted by atomic mass is 10.0. The topological polar surface area (TPSA) is 56.9 Å². The van der Waals surface area contributed by atoms with Crippen molar-refractivity contribution in [3.63, 3.8) is 0 Å². The molecule has 1 aromatic heterocycles. The first-order valence-electron chi connectivity index (χ1n) is 4.30. The summed E-state index contributed by atoms with van der Waals surface area (Å²) in [5.41, 5.74) is 3.42. The van der Waals surface area contributed by atoms with E-state index in [1.807, 2.05) is 6.92 Å². The molecule has 66 valence electrons. The minimum absolute atomic E-state index is 0.429. The van der Waals surface area contributed by atoms with Crippen molar-refractivity contribution in [2.45, 2.75) is 25.9 Å². The molecule has 1 aromatic rings.